The monoisotopic (exact) mass is 642 g/mol. The number of guanidine groups is 1. The van der Waals surface area contributed by atoms with Crippen molar-refractivity contribution in [1.29, 1.82) is 0 Å². The van der Waals surface area contributed by atoms with Gasteiger partial charge in [0.05, 0.1) is 13.2 Å². The largest absolute Gasteiger partial charge is 0.467 e. The molecule has 0 saturated heterocycles. The van der Waals surface area contributed by atoms with Crippen molar-refractivity contribution in [2.24, 2.45) is 16.5 Å². The first kappa shape index (κ1) is 36.9. The lowest BCUT2D eigenvalue weighted by atomic mass is 10.0. The zero-order valence-electron chi connectivity index (χ0n) is 25.7. The summed E-state index contributed by atoms with van der Waals surface area (Å²) in [5, 5.41) is 17.5. The van der Waals surface area contributed by atoms with E-state index in [2.05, 4.69) is 20.9 Å². The molecule has 0 radical (unpaired) electrons. The van der Waals surface area contributed by atoms with Gasteiger partial charge in [-0.15, -0.1) is 0 Å². The minimum Gasteiger partial charge on any atom is -0.467 e. The fourth-order valence-corrected chi connectivity index (χ4v) is 4.21. The van der Waals surface area contributed by atoms with Gasteiger partial charge in [-0.2, -0.15) is 0 Å². The number of carbonyl (C=O) groups is 4. The predicted octanol–water partition coefficient (Wildman–Crippen LogP) is 0.672. The summed E-state index contributed by atoms with van der Waals surface area (Å²) in [5.41, 5.74) is 14.7. The number of alkyl carbamates (subject to hydrolysis) is 1. The molecule has 0 heterocycles. The summed E-state index contributed by atoms with van der Waals surface area (Å²) in [6.45, 7) is 0.527. The lowest BCUT2D eigenvalue weighted by Gasteiger charge is -2.24. The first-order chi connectivity index (χ1) is 22.1. The molecule has 3 amide bonds. The Morgan fingerprint density at radius 3 is 2.15 bits per heavy atom. The van der Waals surface area contributed by atoms with Crippen molar-refractivity contribution in [2.75, 3.05) is 20.2 Å². The summed E-state index contributed by atoms with van der Waals surface area (Å²) in [5.74, 6) is -2.24. The molecule has 250 valence electrons. The van der Waals surface area contributed by atoms with Gasteiger partial charge < -0.3 is 36.9 Å². The van der Waals surface area contributed by atoms with Gasteiger partial charge in [0, 0.05) is 19.5 Å². The van der Waals surface area contributed by atoms with E-state index in [-0.39, 0.29) is 38.4 Å². The van der Waals surface area contributed by atoms with Gasteiger partial charge in [-0.3, -0.25) is 9.59 Å². The maximum Gasteiger partial charge on any atom is 0.407 e. The third-order valence-electron chi connectivity index (χ3n) is 6.62. The molecule has 2 aromatic rings. The maximum absolute atomic E-state index is 13.4. The smallest absolute Gasteiger partial charge is 0.407 e. The van der Waals surface area contributed by atoms with Crippen LogP contribution < -0.4 is 32.8 Å². The highest BCUT2D eigenvalue weighted by Crippen LogP contribution is 2.08. The number of hydrogen-bond acceptors (Lipinski definition) is 10. The molecule has 8 N–H and O–H groups in total. The van der Waals surface area contributed by atoms with Gasteiger partial charge in [-0.25, -0.2) is 24.7 Å². The standard InChI is InChI=1S/C30H42N8O8/c1-45-28(41)24(16-8-9-17-34-30(42)46-20-22-13-6-3-7-14-22)35-27(40)25(19-21-11-4-2-5-12-21)36-26(39)23(31)15-10-18-33-29(32)37-38(43)44/h2-7,11-14,23-25H,8-10,15-20,31H2,1H3,(H,34,42)(H,35,40)(H,36,39)(H3,32,33,37)/t23-,24+,25+/m1/s1. The Hall–Kier alpha value is -5.25. The molecular weight excluding hydrogens is 600 g/mol. The summed E-state index contributed by atoms with van der Waals surface area (Å²) < 4.78 is 10.1. The number of unbranched alkanes of at least 4 members (excludes halogenated alkanes) is 1. The normalized spacial score (nSPS) is 13.0. The number of nitrogens with two attached hydrogens (primary N) is 2. The molecule has 2 aromatic carbocycles. The number of benzene rings is 2. The number of nitrogens with one attached hydrogen (secondary N) is 4. The fourth-order valence-electron chi connectivity index (χ4n) is 4.21. The van der Waals surface area contributed by atoms with E-state index in [0.717, 1.165) is 11.1 Å². The summed E-state index contributed by atoms with van der Waals surface area (Å²) >= 11 is 0. The number of nitrogens with zero attached hydrogens (tertiary/aromatic N) is 2. The number of rotatable bonds is 19. The lowest BCUT2D eigenvalue weighted by molar-refractivity contribution is -0.525. The second-order valence-corrected chi connectivity index (χ2v) is 10.2. The van der Waals surface area contributed by atoms with Gasteiger partial charge in [0.15, 0.2) is 5.03 Å². The lowest BCUT2D eigenvalue weighted by Crippen LogP contribution is -2.55. The Balaban J connectivity index is 1.91. The highest BCUT2D eigenvalue weighted by atomic mass is 16.7. The first-order valence-electron chi connectivity index (χ1n) is 14.7. The minimum atomic E-state index is -1.06. The van der Waals surface area contributed by atoms with E-state index >= 15 is 0 Å². The Kier molecular flexibility index (Phi) is 16.6. The second kappa shape index (κ2) is 20.7. The second-order valence-electron chi connectivity index (χ2n) is 10.2. The zero-order chi connectivity index (χ0) is 33.7. The van der Waals surface area contributed by atoms with E-state index in [9.17, 15) is 29.3 Å². The van der Waals surface area contributed by atoms with Crippen LogP contribution in [0.4, 0.5) is 4.79 Å². The molecule has 0 saturated carbocycles. The van der Waals surface area contributed by atoms with E-state index in [1.54, 1.807) is 29.7 Å². The number of ether oxygens (including phenoxy) is 2. The summed E-state index contributed by atoms with van der Waals surface area (Å²) in [7, 11) is 1.21. The average Bonchev–Trinajstić information content (AvgIpc) is 3.04. The quantitative estimate of drug-likeness (QED) is 0.0311. The SMILES string of the molecule is COC(=O)[C@H](CCCCNC(=O)OCc1ccccc1)NC(=O)[C@H](Cc1ccccc1)NC(=O)[C@H](N)CCCN=C(N)N[N+](=O)[O-]. The van der Waals surface area contributed by atoms with Crippen LogP contribution in [0.2, 0.25) is 0 Å². The van der Waals surface area contributed by atoms with Crippen LogP contribution >= 0.6 is 0 Å². The molecule has 0 unspecified atom stereocenters. The van der Waals surface area contributed by atoms with Crippen molar-refractivity contribution < 1.29 is 33.7 Å². The van der Waals surface area contributed by atoms with Crippen LogP contribution in [0, 0.1) is 10.1 Å². The minimum absolute atomic E-state index is 0.0901. The van der Waals surface area contributed by atoms with Crippen LogP contribution in [-0.4, -0.2) is 73.2 Å². The molecule has 0 aliphatic rings. The molecule has 46 heavy (non-hydrogen) atoms. The van der Waals surface area contributed by atoms with Crippen LogP contribution in [0.5, 0.6) is 0 Å². The van der Waals surface area contributed by atoms with Gasteiger partial charge in [0.2, 0.25) is 11.8 Å². The molecule has 0 aromatic heterocycles. The topological polar surface area (TPSA) is 242 Å². The maximum atomic E-state index is 13.4. The summed E-state index contributed by atoms with van der Waals surface area (Å²) in [6.07, 6.45) is 1.21. The number of aliphatic imine (C=N–C) groups is 1. The molecule has 0 aliphatic carbocycles. The van der Waals surface area contributed by atoms with Crippen molar-refractivity contribution in [3.63, 3.8) is 0 Å². The van der Waals surface area contributed by atoms with Gasteiger partial charge in [-0.05, 0) is 43.2 Å². The van der Waals surface area contributed by atoms with Crippen LogP contribution in [0.15, 0.2) is 65.7 Å². The van der Waals surface area contributed by atoms with Crippen molar-refractivity contribution >= 4 is 29.8 Å². The van der Waals surface area contributed by atoms with E-state index < -0.39 is 47.0 Å². The average molecular weight is 643 g/mol. The van der Waals surface area contributed by atoms with Crippen LogP contribution in [-0.2, 0) is 36.9 Å². The van der Waals surface area contributed by atoms with Crippen molar-refractivity contribution in [1.82, 2.24) is 21.4 Å². The van der Waals surface area contributed by atoms with Crippen LogP contribution in [0.25, 0.3) is 0 Å². The number of esters is 1. The van der Waals surface area contributed by atoms with Crippen LogP contribution in [0.1, 0.15) is 43.2 Å². The van der Waals surface area contributed by atoms with E-state index in [0.29, 0.717) is 25.8 Å². The number of methoxy groups -OCH3 is 1. The molecule has 0 aliphatic heterocycles. The molecule has 3 atom stereocenters. The third-order valence-corrected chi connectivity index (χ3v) is 6.62. The number of hydrogen-bond donors (Lipinski definition) is 6. The molecule has 16 nitrogen and oxygen atoms in total. The molecule has 0 spiro atoms. The zero-order valence-corrected chi connectivity index (χ0v) is 25.7. The van der Waals surface area contributed by atoms with Gasteiger partial charge >= 0.3 is 12.1 Å². The number of amides is 3. The first-order valence-corrected chi connectivity index (χ1v) is 14.7. The van der Waals surface area contributed by atoms with E-state index in [1.165, 1.54) is 7.11 Å². The van der Waals surface area contributed by atoms with E-state index in [1.807, 2.05) is 36.4 Å². The molecule has 0 bridgehead atoms. The highest BCUT2D eigenvalue weighted by molar-refractivity contribution is 5.92. The molecule has 16 heteroatoms. The molecular formula is C30H42N8O8. The van der Waals surface area contributed by atoms with Crippen molar-refractivity contribution in [3.8, 4) is 0 Å². The van der Waals surface area contributed by atoms with Gasteiger partial charge in [0.25, 0.3) is 5.96 Å². The fraction of sp³-hybridized carbons (Fsp3) is 0.433. The number of hydrazine groups is 1. The van der Waals surface area contributed by atoms with E-state index in [4.69, 9.17) is 20.9 Å². The third kappa shape index (κ3) is 15.0. The summed E-state index contributed by atoms with van der Waals surface area (Å²) in [4.78, 5) is 64.9. The Labute approximate surface area is 266 Å². The Bertz CT molecular complexity index is 1300. The number of carbonyl (C=O) groups excluding carboxylic acids is 4. The Morgan fingerprint density at radius 1 is 0.891 bits per heavy atom. The number of nitro groups is 1. The van der Waals surface area contributed by atoms with Crippen LogP contribution in [0.3, 0.4) is 0 Å². The molecule has 0 fully saturated rings. The Morgan fingerprint density at radius 2 is 1.52 bits per heavy atom. The summed E-state index contributed by atoms with van der Waals surface area (Å²) in [6, 6.07) is 15.2. The highest BCUT2D eigenvalue weighted by Gasteiger charge is 2.28. The predicted molar refractivity (Wildman–Crippen MR) is 168 cm³/mol. The van der Waals surface area contributed by atoms with Crippen molar-refractivity contribution in [3.05, 3.63) is 81.9 Å². The van der Waals surface area contributed by atoms with Gasteiger partial charge in [-0.1, -0.05) is 66.1 Å². The van der Waals surface area contributed by atoms with Gasteiger partial charge in [0.1, 0.15) is 18.7 Å². The van der Waals surface area contributed by atoms with Crippen molar-refractivity contribution in [2.45, 2.75) is 63.3 Å². The molecule has 2 rings (SSSR count).